The fourth-order valence-electron chi connectivity index (χ4n) is 2.78. The van der Waals surface area contributed by atoms with Gasteiger partial charge in [-0.3, -0.25) is 0 Å². The van der Waals surface area contributed by atoms with E-state index in [0.717, 1.165) is 10.8 Å². The van der Waals surface area contributed by atoms with E-state index in [1.54, 1.807) is 0 Å². The Kier molecular flexibility index (Phi) is 6.03. The summed E-state index contributed by atoms with van der Waals surface area (Å²) in [6.45, 7) is 2.02. The first-order chi connectivity index (χ1) is 9.51. The van der Waals surface area contributed by atoms with Crippen LogP contribution >= 0.6 is 35.0 Å². The summed E-state index contributed by atoms with van der Waals surface area (Å²) in [4.78, 5) is 0. The summed E-state index contributed by atoms with van der Waals surface area (Å²) < 4.78 is 13.6. The molecule has 1 aromatic rings. The van der Waals surface area contributed by atoms with E-state index in [0.29, 0.717) is 11.1 Å². The second kappa shape index (κ2) is 7.35. The lowest BCUT2D eigenvalue weighted by atomic mass is 9.93. The standard InChI is InChI=1S/C15H20Cl2FNS/c1-9(12-7-15(18)14(17)8-13(12)16)19-10-3-5-11(20-2)6-4-10/h7-11,19H,3-6H2,1-2H3. The molecule has 1 aliphatic rings. The Morgan fingerprint density at radius 2 is 1.85 bits per heavy atom. The summed E-state index contributed by atoms with van der Waals surface area (Å²) in [7, 11) is 0. The predicted molar refractivity (Wildman–Crippen MR) is 87.5 cm³/mol. The van der Waals surface area contributed by atoms with Gasteiger partial charge in [0, 0.05) is 22.4 Å². The molecule has 1 aliphatic carbocycles. The van der Waals surface area contributed by atoms with E-state index in [2.05, 4.69) is 11.6 Å². The van der Waals surface area contributed by atoms with Gasteiger partial charge < -0.3 is 5.32 Å². The highest BCUT2D eigenvalue weighted by atomic mass is 35.5. The molecule has 0 spiro atoms. The Bertz CT molecular complexity index is 461. The Hall–Kier alpha value is 0.0400. The molecule has 0 heterocycles. The Morgan fingerprint density at radius 3 is 2.45 bits per heavy atom. The molecule has 1 fully saturated rings. The topological polar surface area (TPSA) is 12.0 Å². The zero-order valence-corrected chi connectivity index (χ0v) is 14.1. The monoisotopic (exact) mass is 335 g/mol. The van der Waals surface area contributed by atoms with Crippen LogP contribution < -0.4 is 5.32 Å². The van der Waals surface area contributed by atoms with Gasteiger partial charge in [-0.15, -0.1) is 0 Å². The van der Waals surface area contributed by atoms with Crippen LogP contribution in [0.1, 0.15) is 44.2 Å². The van der Waals surface area contributed by atoms with Crippen LogP contribution in [-0.2, 0) is 0 Å². The molecular formula is C15H20Cl2FNS. The number of halogens is 3. The maximum absolute atomic E-state index is 13.6. The summed E-state index contributed by atoms with van der Waals surface area (Å²) in [6.07, 6.45) is 7.01. The van der Waals surface area contributed by atoms with E-state index in [-0.39, 0.29) is 11.1 Å². The fourth-order valence-corrected chi connectivity index (χ4v) is 4.07. The predicted octanol–water partition coefficient (Wildman–Crippen LogP) is 5.46. The minimum atomic E-state index is -0.411. The van der Waals surface area contributed by atoms with Crippen LogP contribution in [0.3, 0.4) is 0 Å². The van der Waals surface area contributed by atoms with E-state index in [1.165, 1.54) is 37.8 Å². The molecule has 1 aromatic carbocycles. The zero-order valence-electron chi connectivity index (χ0n) is 11.8. The molecule has 0 aromatic heterocycles. The van der Waals surface area contributed by atoms with Crippen molar-refractivity contribution < 1.29 is 4.39 Å². The van der Waals surface area contributed by atoms with Crippen LogP contribution in [0, 0.1) is 5.82 Å². The maximum Gasteiger partial charge on any atom is 0.142 e. The van der Waals surface area contributed by atoms with Crippen molar-refractivity contribution in [2.24, 2.45) is 0 Å². The number of benzene rings is 1. The SMILES string of the molecule is CSC1CCC(NC(C)c2cc(F)c(Cl)cc2Cl)CC1. The third kappa shape index (κ3) is 4.03. The fraction of sp³-hybridized carbons (Fsp3) is 0.600. The van der Waals surface area contributed by atoms with Crippen molar-refractivity contribution in [3.8, 4) is 0 Å². The lowest BCUT2D eigenvalue weighted by Gasteiger charge is -2.31. The minimum absolute atomic E-state index is 0.0325. The van der Waals surface area contributed by atoms with E-state index >= 15 is 0 Å². The van der Waals surface area contributed by atoms with Gasteiger partial charge in [0.1, 0.15) is 5.82 Å². The molecule has 1 unspecified atom stereocenters. The molecule has 20 heavy (non-hydrogen) atoms. The van der Waals surface area contributed by atoms with Gasteiger partial charge in [-0.05, 0) is 56.6 Å². The van der Waals surface area contributed by atoms with Crippen molar-refractivity contribution in [3.63, 3.8) is 0 Å². The first-order valence-corrected chi connectivity index (χ1v) is 8.99. The molecule has 0 amide bonds. The molecule has 1 nitrogen and oxygen atoms in total. The van der Waals surface area contributed by atoms with Gasteiger partial charge in [0.25, 0.3) is 0 Å². The summed E-state index contributed by atoms with van der Waals surface area (Å²) in [5.74, 6) is -0.411. The van der Waals surface area contributed by atoms with E-state index in [4.69, 9.17) is 23.2 Å². The van der Waals surface area contributed by atoms with Gasteiger partial charge in [-0.25, -0.2) is 4.39 Å². The second-order valence-electron chi connectivity index (χ2n) is 5.39. The minimum Gasteiger partial charge on any atom is -0.307 e. The first kappa shape index (κ1) is 16.4. The van der Waals surface area contributed by atoms with Crippen LogP contribution in [0.25, 0.3) is 0 Å². The van der Waals surface area contributed by atoms with Crippen molar-refractivity contribution >= 4 is 35.0 Å². The van der Waals surface area contributed by atoms with Crippen molar-refractivity contribution in [2.75, 3.05) is 6.26 Å². The van der Waals surface area contributed by atoms with Crippen molar-refractivity contribution in [3.05, 3.63) is 33.6 Å². The number of nitrogens with one attached hydrogen (secondary N) is 1. The Balaban J connectivity index is 1.98. The molecule has 5 heteroatoms. The lowest BCUT2D eigenvalue weighted by Crippen LogP contribution is -2.35. The second-order valence-corrected chi connectivity index (χ2v) is 7.34. The highest BCUT2D eigenvalue weighted by Gasteiger charge is 2.23. The normalized spacial score (nSPS) is 24.6. The van der Waals surface area contributed by atoms with E-state index in [9.17, 15) is 4.39 Å². The van der Waals surface area contributed by atoms with Crippen LogP contribution in [0.2, 0.25) is 10.0 Å². The number of hydrogen-bond donors (Lipinski definition) is 1. The van der Waals surface area contributed by atoms with E-state index in [1.807, 2.05) is 18.7 Å². The molecule has 2 rings (SSSR count). The van der Waals surface area contributed by atoms with Gasteiger partial charge >= 0.3 is 0 Å². The van der Waals surface area contributed by atoms with Crippen LogP contribution in [0.5, 0.6) is 0 Å². The average Bonchev–Trinajstić information content (AvgIpc) is 2.43. The smallest absolute Gasteiger partial charge is 0.142 e. The quantitative estimate of drug-likeness (QED) is 0.733. The molecular weight excluding hydrogens is 316 g/mol. The van der Waals surface area contributed by atoms with Crippen molar-refractivity contribution in [1.29, 1.82) is 0 Å². The number of rotatable bonds is 4. The van der Waals surface area contributed by atoms with Crippen LogP contribution in [-0.4, -0.2) is 17.5 Å². The average molecular weight is 336 g/mol. The molecule has 112 valence electrons. The third-order valence-corrected chi connectivity index (χ3v) is 5.75. The molecule has 0 aliphatic heterocycles. The molecule has 0 saturated heterocycles. The van der Waals surface area contributed by atoms with Crippen molar-refractivity contribution in [2.45, 2.75) is 49.9 Å². The summed E-state index contributed by atoms with van der Waals surface area (Å²) in [6, 6.07) is 3.44. The largest absolute Gasteiger partial charge is 0.307 e. The molecule has 1 saturated carbocycles. The molecule has 0 bridgehead atoms. The Morgan fingerprint density at radius 1 is 1.20 bits per heavy atom. The van der Waals surface area contributed by atoms with Crippen LogP contribution in [0.4, 0.5) is 4.39 Å². The molecule has 1 atom stereocenters. The highest BCUT2D eigenvalue weighted by Crippen LogP contribution is 2.31. The highest BCUT2D eigenvalue weighted by molar-refractivity contribution is 7.99. The van der Waals surface area contributed by atoms with Gasteiger partial charge in [-0.2, -0.15) is 11.8 Å². The van der Waals surface area contributed by atoms with E-state index < -0.39 is 5.82 Å². The molecule has 1 N–H and O–H groups in total. The molecule has 0 radical (unpaired) electrons. The summed E-state index contributed by atoms with van der Waals surface area (Å²) in [5.41, 5.74) is 0.778. The van der Waals surface area contributed by atoms with Crippen LogP contribution in [0.15, 0.2) is 12.1 Å². The lowest BCUT2D eigenvalue weighted by molar-refractivity contribution is 0.352. The zero-order chi connectivity index (χ0) is 14.7. The summed E-state index contributed by atoms with van der Waals surface area (Å²) in [5, 5.41) is 4.95. The van der Waals surface area contributed by atoms with Gasteiger partial charge in [0.2, 0.25) is 0 Å². The summed E-state index contributed by atoms with van der Waals surface area (Å²) >= 11 is 13.9. The number of thioether (sulfide) groups is 1. The van der Waals surface area contributed by atoms with Gasteiger partial charge in [0.05, 0.1) is 5.02 Å². The maximum atomic E-state index is 13.6. The van der Waals surface area contributed by atoms with Gasteiger partial charge in [0.15, 0.2) is 0 Å². The third-order valence-electron chi connectivity index (χ3n) is 4.00. The van der Waals surface area contributed by atoms with Gasteiger partial charge in [-0.1, -0.05) is 23.2 Å². The first-order valence-electron chi connectivity index (χ1n) is 6.94. The van der Waals surface area contributed by atoms with Crippen molar-refractivity contribution in [1.82, 2.24) is 5.32 Å². The number of hydrogen-bond acceptors (Lipinski definition) is 2. The Labute approximate surface area is 134 Å².